The van der Waals surface area contributed by atoms with Crippen LogP contribution in [0.2, 0.25) is 0 Å². The monoisotopic (exact) mass is 287 g/mol. The Morgan fingerprint density at radius 2 is 2.00 bits per heavy atom. The van der Waals surface area contributed by atoms with Crippen molar-refractivity contribution in [1.82, 2.24) is 9.78 Å². The van der Waals surface area contributed by atoms with E-state index in [0.29, 0.717) is 13.0 Å². The first kappa shape index (κ1) is 14.8. The number of nitrogens with zero attached hydrogens (tertiary/aromatic N) is 2. The molecule has 2 rings (SSSR count). The maximum atomic E-state index is 11.8. The fourth-order valence-corrected chi connectivity index (χ4v) is 1.96. The standard InChI is InChI=1S/C15H17N3O3/c19-14(7-3-8-15(20)21)17-13-6-2-1-5-12(13)11-18-10-4-9-16-18/h1-2,4-6,9-10H,3,7-8,11H2,(H,17,19)(H,20,21). The van der Waals surface area contributed by atoms with Gasteiger partial charge in [0, 0.05) is 30.9 Å². The van der Waals surface area contributed by atoms with E-state index >= 15 is 0 Å². The summed E-state index contributed by atoms with van der Waals surface area (Å²) in [6.45, 7) is 0.568. The van der Waals surface area contributed by atoms with Gasteiger partial charge >= 0.3 is 5.97 Å². The Labute approximate surface area is 122 Å². The Hall–Kier alpha value is -2.63. The van der Waals surface area contributed by atoms with Gasteiger partial charge < -0.3 is 10.4 Å². The minimum atomic E-state index is -0.887. The van der Waals surface area contributed by atoms with Gasteiger partial charge in [0.05, 0.1) is 6.54 Å². The molecular weight excluding hydrogens is 270 g/mol. The number of carbonyl (C=O) groups is 2. The lowest BCUT2D eigenvalue weighted by Crippen LogP contribution is -2.14. The summed E-state index contributed by atoms with van der Waals surface area (Å²) in [6.07, 6.45) is 4.09. The predicted molar refractivity (Wildman–Crippen MR) is 77.9 cm³/mol. The minimum absolute atomic E-state index is 0.00234. The van der Waals surface area contributed by atoms with Crippen LogP contribution in [0.5, 0.6) is 0 Å². The van der Waals surface area contributed by atoms with Crippen molar-refractivity contribution in [3.8, 4) is 0 Å². The van der Waals surface area contributed by atoms with Crippen molar-refractivity contribution in [3.63, 3.8) is 0 Å². The van der Waals surface area contributed by atoms with E-state index in [2.05, 4.69) is 10.4 Å². The molecule has 2 N–H and O–H groups in total. The first-order valence-corrected chi connectivity index (χ1v) is 6.72. The molecule has 6 nitrogen and oxygen atoms in total. The maximum Gasteiger partial charge on any atom is 0.303 e. The van der Waals surface area contributed by atoms with Crippen LogP contribution >= 0.6 is 0 Å². The third-order valence-electron chi connectivity index (χ3n) is 2.98. The predicted octanol–water partition coefficient (Wildman–Crippen LogP) is 2.12. The molecule has 1 aromatic heterocycles. The maximum absolute atomic E-state index is 11.8. The minimum Gasteiger partial charge on any atom is -0.481 e. The zero-order chi connectivity index (χ0) is 15.1. The molecule has 0 unspecified atom stereocenters. The highest BCUT2D eigenvalue weighted by atomic mass is 16.4. The summed E-state index contributed by atoms with van der Waals surface area (Å²) >= 11 is 0. The quantitative estimate of drug-likeness (QED) is 0.817. The number of aliphatic carboxylic acids is 1. The zero-order valence-electron chi connectivity index (χ0n) is 11.5. The molecular formula is C15H17N3O3. The number of carboxylic acid groups (broad SMARTS) is 1. The first-order valence-electron chi connectivity index (χ1n) is 6.72. The van der Waals surface area contributed by atoms with Crippen LogP contribution in [0.25, 0.3) is 0 Å². The van der Waals surface area contributed by atoms with Gasteiger partial charge in [-0.2, -0.15) is 5.10 Å². The highest BCUT2D eigenvalue weighted by Gasteiger charge is 2.08. The fourth-order valence-electron chi connectivity index (χ4n) is 1.96. The Morgan fingerprint density at radius 1 is 1.19 bits per heavy atom. The van der Waals surface area contributed by atoms with Crippen molar-refractivity contribution in [2.45, 2.75) is 25.8 Å². The van der Waals surface area contributed by atoms with Crippen LogP contribution in [0.1, 0.15) is 24.8 Å². The van der Waals surface area contributed by atoms with Gasteiger partial charge in [0.2, 0.25) is 5.91 Å². The summed E-state index contributed by atoms with van der Waals surface area (Å²) in [4.78, 5) is 22.3. The second-order valence-electron chi connectivity index (χ2n) is 4.66. The lowest BCUT2D eigenvalue weighted by molar-refractivity contribution is -0.137. The second-order valence-corrected chi connectivity index (χ2v) is 4.66. The average Bonchev–Trinajstić information content (AvgIpc) is 2.93. The van der Waals surface area contributed by atoms with Crippen LogP contribution < -0.4 is 5.32 Å². The molecule has 6 heteroatoms. The molecule has 1 amide bonds. The van der Waals surface area contributed by atoms with Gasteiger partial charge in [0.1, 0.15) is 0 Å². The number of para-hydroxylation sites is 1. The highest BCUT2D eigenvalue weighted by Crippen LogP contribution is 2.16. The van der Waals surface area contributed by atoms with E-state index in [1.807, 2.05) is 36.5 Å². The second kappa shape index (κ2) is 7.23. The first-order chi connectivity index (χ1) is 10.1. The molecule has 110 valence electrons. The van der Waals surface area contributed by atoms with Gasteiger partial charge in [-0.05, 0) is 24.1 Å². The lowest BCUT2D eigenvalue weighted by Gasteiger charge is -2.11. The number of amides is 1. The van der Waals surface area contributed by atoms with Crippen LogP contribution in [0.15, 0.2) is 42.7 Å². The summed E-state index contributed by atoms with van der Waals surface area (Å²) in [5, 5.41) is 15.5. The fraction of sp³-hybridized carbons (Fsp3) is 0.267. The van der Waals surface area contributed by atoms with Gasteiger partial charge in [0.15, 0.2) is 0 Å². The molecule has 0 radical (unpaired) electrons. The molecule has 0 aliphatic rings. The van der Waals surface area contributed by atoms with E-state index in [0.717, 1.165) is 11.3 Å². The van der Waals surface area contributed by atoms with Crippen molar-refractivity contribution in [2.24, 2.45) is 0 Å². The number of carboxylic acids is 1. The van der Waals surface area contributed by atoms with Crippen molar-refractivity contribution in [2.75, 3.05) is 5.32 Å². The van der Waals surface area contributed by atoms with Gasteiger partial charge in [-0.3, -0.25) is 14.3 Å². The van der Waals surface area contributed by atoms with E-state index in [4.69, 9.17) is 5.11 Å². The summed E-state index contributed by atoms with van der Waals surface area (Å²) in [6, 6.07) is 9.34. The van der Waals surface area contributed by atoms with Crippen LogP contribution in [0.3, 0.4) is 0 Å². The van der Waals surface area contributed by atoms with Crippen molar-refractivity contribution in [3.05, 3.63) is 48.3 Å². The summed E-state index contributed by atoms with van der Waals surface area (Å²) in [5.41, 5.74) is 1.68. The third-order valence-corrected chi connectivity index (χ3v) is 2.98. The van der Waals surface area contributed by atoms with Gasteiger partial charge in [-0.1, -0.05) is 18.2 Å². The van der Waals surface area contributed by atoms with Crippen molar-refractivity contribution >= 4 is 17.6 Å². The van der Waals surface area contributed by atoms with E-state index in [1.54, 1.807) is 10.9 Å². The molecule has 0 saturated carbocycles. The molecule has 0 spiro atoms. The Bertz CT molecular complexity index is 608. The van der Waals surface area contributed by atoms with Gasteiger partial charge in [-0.25, -0.2) is 0 Å². The van der Waals surface area contributed by atoms with Crippen LogP contribution in [-0.2, 0) is 16.1 Å². The van der Waals surface area contributed by atoms with E-state index in [9.17, 15) is 9.59 Å². The molecule has 0 aliphatic heterocycles. The number of carbonyl (C=O) groups excluding carboxylic acids is 1. The zero-order valence-corrected chi connectivity index (χ0v) is 11.5. The molecule has 0 bridgehead atoms. The van der Waals surface area contributed by atoms with Crippen molar-refractivity contribution < 1.29 is 14.7 Å². The summed E-state index contributed by atoms with van der Waals surface area (Å²) in [7, 11) is 0. The summed E-state index contributed by atoms with van der Waals surface area (Å²) < 4.78 is 1.77. The molecule has 0 saturated heterocycles. The van der Waals surface area contributed by atoms with Crippen LogP contribution in [-0.4, -0.2) is 26.8 Å². The lowest BCUT2D eigenvalue weighted by atomic mass is 10.1. The number of aromatic nitrogens is 2. The SMILES string of the molecule is O=C(O)CCCC(=O)Nc1ccccc1Cn1cccn1. The highest BCUT2D eigenvalue weighted by molar-refractivity contribution is 5.91. The molecule has 2 aromatic rings. The Morgan fingerprint density at radius 3 is 2.71 bits per heavy atom. The average molecular weight is 287 g/mol. The molecule has 1 heterocycles. The normalized spacial score (nSPS) is 10.3. The third kappa shape index (κ3) is 4.76. The number of benzene rings is 1. The number of hydrogen-bond acceptors (Lipinski definition) is 3. The van der Waals surface area contributed by atoms with Gasteiger partial charge in [0.25, 0.3) is 0 Å². The molecule has 21 heavy (non-hydrogen) atoms. The Kier molecular flexibility index (Phi) is 5.09. The topological polar surface area (TPSA) is 84.2 Å². The Balaban J connectivity index is 1.96. The largest absolute Gasteiger partial charge is 0.481 e. The molecule has 0 aliphatic carbocycles. The molecule has 1 aromatic carbocycles. The number of anilines is 1. The van der Waals surface area contributed by atoms with Crippen LogP contribution in [0.4, 0.5) is 5.69 Å². The van der Waals surface area contributed by atoms with Crippen molar-refractivity contribution in [1.29, 1.82) is 0 Å². The van der Waals surface area contributed by atoms with Gasteiger partial charge in [-0.15, -0.1) is 0 Å². The molecule has 0 atom stereocenters. The number of nitrogens with one attached hydrogen (secondary N) is 1. The summed E-state index contributed by atoms with van der Waals surface area (Å²) in [5.74, 6) is -1.06. The number of rotatable bonds is 7. The number of hydrogen-bond donors (Lipinski definition) is 2. The molecule has 0 fully saturated rings. The van der Waals surface area contributed by atoms with Crippen LogP contribution in [0, 0.1) is 0 Å². The van der Waals surface area contributed by atoms with E-state index in [1.165, 1.54) is 0 Å². The smallest absolute Gasteiger partial charge is 0.303 e. The van der Waals surface area contributed by atoms with E-state index in [-0.39, 0.29) is 18.7 Å². The van der Waals surface area contributed by atoms with E-state index < -0.39 is 5.97 Å².